The van der Waals surface area contributed by atoms with Crippen LogP contribution in [0.25, 0.3) is 10.9 Å². The van der Waals surface area contributed by atoms with Gasteiger partial charge in [-0.15, -0.1) is 0 Å². The van der Waals surface area contributed by atoms with Crippen molar-refractivity contribution in [3.63, 3.8) is 0 Å². The summed E-state index contributed by atoms with van der Waals surface area (Å²) in [5.74, 6) is 0.0934. The molecule has 0 aliphatic rings. The summed E-state index contributed by atoms with van der Waals surface area (Å²) in [4.78, 5) is 17.9. The summed E-state index contributed by atoms with van der Waals surface area (Å²) in [5.41, 5.74) is 4.25. The monoisotopic (exact) mass is 368 g/mol. The molecular formula is C22H25ClN2O. The van der Waals surface area contributed by atoms with E-state index < -0.39 is 0 Å². The average Bonchev–Trinajstić information content (AvgIpc) is 3.02. The Morgan fingerprint density at radius 1 is 1.12 bits per heavy atom. The summed E-state index contributed by atoms with van der Waals surface area (Å²) in [5, 5.41) is 1.80. The number of rotatable bonds is 4. The summed E-state index contributed by atoms with van der Waals surface area (Å²) in [6.45, 7) is 8.95. The normalized spacial score (nSPS) is 11.7. The average molecular weight is 369 g/mol. The molecule has 0 atom stereocenters. The van der Waals surface area contributed by atoms with Crippen LogP contribution in [0, 0.1) is 0 Å². The molecular weight excluding hydrogens is 344 g/mol. The minimum atomic E-state index is 0.0545. The highest BCUT2D eigenvalue weighted by atomic mass is 35.5. The second-order valence-corrected chi connectivity index (χ2v) is 8.10. The highest BCUT2D eigenvalue weighted by Gasteiger charge is 2.19. The van der Waals surface area contributed by atoms with Crippen molar-refractivity contribution in [2.24, 2.45) is 0 Å². The lowest BCUT2D eigenvalue weighted by atomic mass is 9.92. The van der Waals surface area contributed by atoms with Crippen molar-refractivity contribution < 1.29 is 4.79 Å². The number of carbonyl (C=O) groups is 1. The fourth-order valence-corrected chi connectivity index (χ4v) is 3.24. The quantitative estimate of drug-likeness (QED) is 0.596. The molecule has 26 heavy (non-hydrogen) atoms. The molecule has 0 unspecified atom stereocenters. The Labute approximate surface area is 160 Å². The molecule has 136 valence electrons. The molecule has 0 bridgehead atoms. The molecule has 2 aromatic carbocycles. The number of nitrogens with one attached hydrogen (secondary N) is 1. The van der Waals surface area contributed by atoms with Crippen molar-refractivity contribution in [3.05, 3.63) is 64.8 Å². The van der Waals surface area contributed by atoms with Crippen molar-refractivity contribution in [2.75, 3.05) is 4.90 Å². The highest BCUT2D eigenvalue weighted by Crippen LogP contribution is 2.29. The Morgan fingerprint density at radius 3 is 2.54 bits per heavy atom. The second-order valence-electron chi connectivity index (χ2n) is 7.67. The third-order valence-electron chi connectivity index (χ3n) is 4.56. The molecule has 0 saturated heterocycles. The molecule has 3 nitrogen and oxygen atoms in total. The van der Waals surface area contributed by atoms with Crippen molar-refractivity contribution in [1.82, 2.24) is 4.98 Å². The lowest BCUT2D eigenvalue weighted by Gasteiger charge is -2.23. The fraction of sp³-hybridized carbons (Fsp3) is 0.318. The number of hydrogen-bond donors (Lipinski definition) is 1. The summed E-state index contributed by atoms with van der Waals surface area (Å²) in [6, 6.07) is 16.0. The van der Waals surface area contributed by atoms with Crippen molar-refractivity contribution >= 4 is 34.1 Å². The van der Waals surface area contributed by atoms with Crippen molar-refractivity contribution in [2.45, 2.75) is 46.1 Å². The topological polar surface area (TPSA) is 36.1 Å². The number of aromatic amines is 1. The number of halogens is 1. The number of carbonyl (C=O) groups excluding carboxylic acids is 1. The molecule has 0 saturated carbocycles. The van der Waals surface area contributed by atoms with Gasteiger partial charge < -0.3 is 9.88 Å². The summed E-state index contributed by atoms with van der Waals surface area (Å²) in [7, 11) is 0. The van der Waals surface area contributed by atoms with Crippen LogP contribution in [0.1, 0.15) is 45.4 Å². The third-order valence-corrected chi connectivity index (χ3v) is 4.79. The van der Waals surface area contributed by atoms with Gasteiger partial charge in [0.25, 0.3) is 0 Å². The van der Waals surface area contributed by atoms with E-state index in [1.54, 1.807) is 0 Å². The molecule has 0 radical (unpaired) electrons. The van der Waals surface area contributed by atoms with E-state index in [1.165, 1.54) is 5.69 Å². The van der Waals surface area contributed by atoms with Gasteiger partial charge in [0.15, 0.2) is 0 Å². The number of fused-ring (bicyclic) bond motifs is 1. The predicted octanol–water partition coefficient (Wildman–Crippen LogP) is 6.06. The van der Waals surface area contributed by atoms with E-state index in [9.17, 15) is 4.79 Å². The van der Waals surface area contributed by atoms with Crippen LogP contribution in [0.2, 0.25) is 5.02 Å². The molecule has 1 heterocycles. The Bertz CT molecular complexity index is 937. The number of anilines is 1. The van der Waals surface area contributed by atoms with Gasteiger partial charge in [0.05, 0.1) is 6.54 Å². The zero-order valence-corrected chi connectivity index (χ0v) is 16.5. The van der Waals surface area contributed by atoms with Gasteiger partial charge in [-0.3, -0.25) is 4.79 Å². The van der Waals surface area contributed by atoms with E-state index in [0.29, 0.717) is 18.0 Å². The molecule has 1 N–H and O–H groups in total. The molecule has 1 aromatic heterocycles. The van der Waals surface area contributed by atoms with Crippen LogP contribution < -0.4 is 4.90 Å². The van der Waals surface area contributed by atoms with Crippen LogP contribution in [-0.4, -0.2) is 10.9 Å². The standard InChI is InChI=1S/C22H25ClN2O/c1-5-21(26)25(14-15-7-6-8-17(23)11-15)18-9-10-19-16(12-18)13-20(24-19)22(2,3)4/h6-13,24H,5,14H2,1-4H3. The van der Waals surface area contributed by atoms with E-state index >= 15 is 0 Å². The number of nitrogens with zero attached hydrogens (tertiary/aromatic N) is 1. The predicted molar refractivity (Wildman–Crippen MR) is 110 cm³/mol. The lowest BCUT2D eigenvalue weighted by molar-refractivity contribution is -0.118. The Hall–Kier alpha value is -2.26. The molecule has 3 aromatic rings. The SMILES string of the molecule is CCC(=O)N(Cc1cccc(Cl)c1)c1ccc2[nH]c(C(C)(C)C)cc2c1. The molecule has 0 aliphatic carbocycles. The largest absolute Gasteiger partial charge is 0.358 e. The number of aromatic nitrogens is 1. The molecule has 4 heteroatoms. The third kappa shape index (κ3) is 3.94. The smallest absolute Gasteiger partial charge is 0.227 e. The Morgan fingerprint density at radius 2 is 1.88 bits per heavy atom. The van der Waals surface area contributed by atoms with E-state index in [4.69, 9.17) is 11.6 Å². The van der Waals surface area contributed by atoms with Gasteiger partial charge in [0, 0.05) is 39.1 Å². The maximum Gasteiger partial charge on any atom is 0.227 e. The first-order chi connectivity index (χ1) is 12.3. The summed E-state index contributed by atoms with van der Waals surface area (Å²) in [6.07, 6.45) is 0.457. The maximum absolute atomic E-state index is 12.6. The van der Waals surface area contributed by atoms with Crippen molar-refractivity contribution in [3.8, 4) is 0 Å². The zero-order chi connectivity index (χ0) is 18.9. The first-order valence-corrected chi connectivity index (χ1v) is 9.34. The summed E-state index contributed by atoms with van der Waals surface area (Å²) >= 11 is 6.10. The lowest BCUT2D eigenvalue weighted by Crippen LogP contribution is -2.29. The summed E-state index contributed by atoms with van der Waals surface area (Å²) < 4.78 is 0. The zero-order valence-electron chi connectivity index (χ0n) is 15.8. The maximum atomic E-state index is 12.6. The molecule has 0 aliphatic heterocycles. The Balaban J connectivity index is 1.99. The first kappa shape index (κ1) is 18.5. The fourth-order valence-electron chi connectivity index (χ4n) is 3.02. The van der Waals surface area contributed by atoms with Gasteiger partial charge in [-0.05, 0) is 42.0 Å². The van der Waals surface area contributed by atoms with Crippen LogP contribution in [0.4, 0.5) is 5.69 Å². The van der Waals surface area contributed by atoms with Gasteiger partial charge in [-0.2, -0.15) is 0 Å². The second kappa shape index (κ2) is 7.16. The highest BCUT2D eigenvalue weighted by molar-refractivity contribution is 6.30. The van der Waals surface area contributed by atoms with Crippen LogP contribution >= 0.6 is 11.6 Å². The van der Waals surface area contributed by atoms with Crippen LogP contribution in [0.3, 0.4) is 0 Å². The number of hydrogen-bond acceptors (Lipinski definition) is 1. The Kier molecular flexibility index (Phi) is 5.10. The van der Waals surface area contributed by atoms with Gasteiger partial charge in [-0.25, -0.2) is 0 Å². The van der Waals surface area contributed by atoms with Gasteiger partial charge in [0.2, 0.25) is 5.91 Å². The number of H-pyrrole nitrogens is 1. The van der Waals surface area contributed by atoms with E-state index in [2.05, 4.69) is 37.9 Å². The van der Waals surface area contributed by atoms with Crippen LogP contribution in [-0.2, 0) is 16.8 Å². The van der Waals surface area contributed by atoms with E-state index in [1.807, 2.05) is 48.2 Å². The van der Waals surface area contributed by atoms with Gasteiger partial charge >= 0.3 is 0 Å². The minimum Gasteiger partial charge on any atom is -0.358 e. The molecule has 3 rings (SSSR count). The van der Waals surface area contributed by atoms with Crippen molar-refractivity contribution in [1.29, 1.82) is 0 Å². The van der Waals surface area contributed by atoms with Gasteiger partial charge in [0.1, 0.15) is 0 Å². The number of benzene rings is 2. The minimum absolute atomic E-state index is 0.0545. The first-order valence-electron chi connectivity index (χ1n) is 8.96. The number of amides is 1. The van der Waals surface area contributed by atoms with Crippen LogP contribution in [0.5, 0.6) is 0 Å². The molecule has 0 fully saturated rings. The van der Waals surface area contributed by atoms with Crippen LogP contribution in [0.15, 0.2) is 48.5 Å². The molecule has 0 spiro atoms. The van der Waals surface area contributed by atoms with Gasteiger partial charge in [-0.1, -0.05) is 51.4 Å². The van der Waals surface area contributed by atoms with E-state index in [0.717, 1.165) is 22.2 Å². The van der Waals surface area contributed by atoms with E-state index in [-0.39, 0.29) is 11.3 Å². The molecule has 1 amide bonds.